The first-order chi connectivity index (χ1) is 69.9. The number of amides is 8. The second-order valence-corrected chi connectivity index (χ2v) is 41.2. The van der Waals surface area contributed by atoms with Gasteiger partial charge in [-0.05, 0) is 159 Å². The van der Waals surface area contributed by atoms with E-state index < -0.39 is 143 Å². The number of pyridine rings is 1. The summed E-state index contributed by atoms with van der Waals surface area (Å²) in [5.74, 6) is -8.46. The zero-order valence-corrected chi connectivity index (χ0v) is 85.3. The van der Waals surface area contributed by atoms with Crippen molar-refractivity contribution in [3.8, 4) is 11.1 Å². The largest absolute Gasteiger partial charge is 0.479 e. The summed E-state index contributed by atoms with van der Waals surface area (Å²) in [5.41, 5.74) is 3.73. The lowest BCUT2D eigenvalue weighted by molar-refractivity contribution is -0.248. The molecule has 8 amide bonds. The number of carbonyl (C=O) groups excluding carboxylic acids is 8. The molecule has 146 heavy (non-hydrogen) atoms. The molecule has 3 aromatic heterocycles. The van der Waals surface area contributed by atoms with E-state index in [0.717, 1.165) is 68.3 Å². The molecule has 1 saturated heterocycles. The molecular formula is C100H138N12O32S2. The topological polar surface area (TPSA) is 560 Å². The number of carboxylic acids is 2. The number of aliphatic hydroxyl groups is 3. The number of ether oxygens (including phenoxy) is 14. The summed E-state index contributed by atoms with van der Waals surface area (Å²) in [4.78, 5) is 149. The minimum atomic E-state index is -4.67. The number of aryl methyl sites for hydroxylation is 1. The van der Waals surface area contributed by atoms with E-state index in [9.17, 15) is 86.4 Å². The van der Waals surface area contributed by atoms with E-state index in [0.29, 0.717) is 184 Å². The smallest absolute Gasteiger partial charge is 0.410 e. The maximum Gasteiger partial charge on any atom is 0.410 e. The second kappa shape index (κ2) is 54.6. The van der Waals surface area contributed by atoms with Crippen molar-refractivity contribution in [1.29, 1.82) is 0 Å². The molecule has 5 fully saturated rings. The molecule has 6 aromatic rings. The summed E-state index contributed by atoms with van der Waals surface area (Å²) < 4.78 is 117. The van der Waals surface area contributed by atoms with Crippen LogP contribution >= 0.6 is 11.3 Å². The Bertz CT molecular complexity index is 5500. The molecule has 13 rings (SSSR count). The number of benzene rings is 3. The van der Waals surface area contributed by atoms with Crippen molar-refractivity contribution in [3.05, 3.63) is 130 Å². The zero-order chi connectivity index (χ0) is 105. The van der Waals surface area contributed by atoms with Gasteiger partial charge in [0.25, 0.3) is 27.8 Å². The van der Waals surface area contributed by atoms with Crippen LogP contribution in [-0.2, 0) is 143 Å². The Labute approximate surface area is 851 Å². The van der Waals surface area contributed by atoms with E-state index in [1.54, 1.807) is 45.4 Å². The number of aromatic nitrogens is 4. The number of aliphatic carboxylic acids is 1. The van der Waals surface area contributed by atoms with Crippen LogP contribution in [0.25, 0.3) is 21.3 Å². The van der Waals surface area contributed by atoms with Gasteiger partial charge in [0.1, 0.15) is 49.4 Å². The molecule has 7 aliphatic rings. The van der Waals surface area contributed by atoms with E-state index in [2.05, 4.69) is 40.1 Å². The van der Waals surface area contributed by atoms with Crippen LogP contribution in [0.1, 0.15) is 135 Å². The summed E-state index contributed by atoms with van der Waals surface area (Å²) in [7, 11) is -3.05. The SMILES string of the molecule is COCCOCCOCCOCCOCCOCCOCCOCCOCCOCCOCCN(CCC(=O)N[C@H](C(=O)N[C@@H](C)C(=O)Nc1ccc(COC(=O)N(CCOC23CC4(C)CC(C)(CC(Cn5ncc(-c6ccc(N7CCc8cccc(C(=O)Nc9nc%10ccccc%10s9)c8C7)nc6C(=O)O)c5C)(C4)C2)C3)CCS(=O)(=O)O)c(CC[C@@H]2O[C@H](C(=O)O)[C@H](O)[C@@H](O)[C@H]2O)c1)C(C)C)C(=O)CN1C(=O)C=CC1=O. The summed E-state index contributed by atoms with van der Waals surface area (Å²) in [6, 6.07) is 18.7. The van der Waals surface area contributed by atoms with Crippen LogP contribution in [0.5, 0.6) is 0 Å². The molecule has 3 aliphatic heterocycles. The molecule has 4 bridgehead atoms. The van der Waals surface area contributed by atoms with E-state index in [4.69, 9.17) is 76.4 Å². The van der Waals surface area contributed by atoms with E-state index in [1.165, 1.54) is 41.4 Å². The average molecular weight is 2080 g/mol. The molecule has 46 heteroatoms. The molecule has 4 saturated carbocycles. The third kappa shape index (κ3) is 33.0. The highest BCUT2D eigenvalue weighted by molar-refractivity contribution is 7.85. The number of rotatable bonds is 64. The van der Waals surface area contributed by atoms with Gasteiger partial charge in [0, 0.05) is 99.6 Å². The number of carbonyl (C=O) groups is 10. The number of hydrogen-bond donors (Lipinski definition) is 10. The number of nitrogens with zero attached hydrogens (tertiary/aromatic N) is 8. The first-order valence-corrected chi connectivity index (χ1v) is 51.7. The lowest BCUT2D eigenvalue weighted by Crippen LogP contribution is -2.64. The molecule has 802 valence electrons. The standard InChI is InChI=1S/C100H138N12O32S2/c1-65(2)84(106-80(113)24-26-108(83(116)56-111-81(114)21-22-82(111)115)27-30-132-34-35-134-38-39-136-42-43-138-46-47-140-50-51-141-49-48-139-45-44-137-41-40-135-37-36-133-33-32-131-7)92(122)102-66(3)90(120)103-71-17-15-70(69(53-71)16-19-77-86(117)87(118)88(119)89(144-77)94(125)126)57-142-96(127)109(29-52-146(128,129)130)28-31-143-100-61-97(5)58-98(6,62-100)60-99(59-97,63-100)64-112-67(4)74(54-101-112)72-18-20-79(105-85(72)93(123)124)110-25-23-68-11-10-12-73(75(68)55-110)91(121)107-95-104-76-13-8-9-14-78(76)145-95/h8-15,17-18,20-22,53-54,65-66,77,84,86-89,117-119H,16,19,23-52,55-64H2,1-7H3,(H,102,122)(H,103,120)(H,106,113)(H,123,124)(H,125,126)(H,104,107,121)(H,128,129,130)/t66-,77-,84-,86-,87-,88+,89-,97?,98?,99?,100?/m0/s1. The molecule has 6 heterocycles. The van der Waals surface area contributed by atoms with Crippen LogP contribution in [-0.4, -0.2) is 378 Å². The number of aromatic carboxylic acids is 1. The van der Waals surface area contributed by atoms with Crippen LogP contribution in [0.4, 0.5) is 21.4 Å². The highest BCUT2D eigenvalue weighted by Crippen LogP contribution is 2.72. The quantitative estimate of drug-likeness (QED) is 0.0129. The Balaban J connectivity index is 0.605. The maximum atomic E-state index is 14.5. The van der Waals surface area contributed by atoms with Crippen LogP contribution < -0.4 is 26.2 Å². The number of thiazole rings is 1. The molecule has 2 unspecified atom stereocenters. The molecule has 3 aromatic carbocycles. The molecule has 0 radical (unpaired) electrons. The maximum absolute atomic E-state index is 14.5. The fourth-order valence-electron chi connectivity index (χ4n) is 20.5. The fourth-order valence-corrected chi connectivity index (χ4v) is 21.8. The number of nitrogens with one attached hydrogen (secondary N) is 4. The van der Waals surface area contributed by atoms with Crippen molar-refractivity contribution in [3.63, 3.8) is 0 Å². The number of imide groups is 1. The lowest BCUT2D eigenvalue weighted by Gasteiger charge is -2.69. The van der Waals surface area contributed by atoms with Gasteiger partial charge in [-0.1, -0.05) is 69.4 Å². The lowest BCUT2D eigenvalue weighted by atomic mass is 9.39. The van der Waals surface area contributed by atoms with Crippen molar-refractivity contribution in [2.75, 3.05) is 213 Å². The number of fused-ring (bicyclic) bond motifs is 2. The number of hydrogen-bond acceptors (Lipinski definition) is 34. The Kier molecular flexibility index (Phi) is 42.7. The van der Waals surface area contributed by atoms with Crippen molar-refractivity contribution < 1.29 is 153 Å². The van der Waals surface area contributed by atoms with Gasteiger partial charge in [-0.3, -0.25) is 53.0 Å². The third-order valence-corrected chi connectivity index (χ3v) is 28.2. The Morgan fingerprint density at radius 2 is 1.22 bits per heavy atom. The van der Waals surface area contributed by atoms with Gasteiger partial charge >= 0.3 is 18.0 Å². The number of aliphatic hydroxyl groups excluding tert-OH is 3. The minimum Gasteiger partial charge on any atom is -0.479 e. The summed E-state index contributed by atoms with van der Waals surface area (Å²) in [5, 5.41) is 69.6. The van der Waals surface area contributed by atoms with Crippen molar-refractivity contribution in [1.82, 2.24) is 45.1 Å². The highest BCUT2D eigenvalue weighted by atomic mass is 32.2. The zero-order valence-electron chi connectivity index (χ0n) is 83.7. The molecule has 4 aliphatic carbocycles. The number of methoxy groups -OCH3 is 1. The molecular weight excluding hydrogens is 1950 g/mol. The minimum absolute atomic E-state index is 0.0349. The first-order valence-electron chi connectivity index (χ1n) is 49.3. The van der Waals surface area contributed by atoms with Crippen LogP contribution in [0, 0.1) is 29.1 Å². The van der Waals surface area contributed by atoms with E-state index in [-0.39, 0.29) is 118 Å². The summed E-state index contributed by atoms with van der Waals surface area (Å²) in [6.45, 7) is 17.8. The van der Waals surface area contributed by atoms with Gasteiger partial charge in [0.05, 0.1) is 179 Å². The Hall–Kier alpha value is -10.6. The third-order valence-electron chi connectivity index (χ3n) is 26.6. The average Bonchev–Trinajstić information content (AvgIpc) is 0.836. The first kappa shape index (κ1) is 114. The summed E-state index contributed by atoms with van der Waals surface area (Å²) in [6.07, 6.45) is -2.01. The molecule has 0 spiro atoms. The van der Waals surface area contributed by atoms with Crippen LogP contribution in [0.3, 0.4) is 0 Å². The second-order valence-electron chi connectivity index (χ2n) is 38.5. The van der Waals surface area contributed by atoms with Gasteiger partial charge in [-0.25, -0.2) is 24.4 Å². The molecule has 44 nitrogen and oxygen atoms in total. The predicted octanol–water partition coefficient (Wildman–Crippen LogP) is 5.45. The van der Waals surface area contributed by atoms with E-state index in [1.807, 2.05) is 52.9 Å². The van der Waals surface area contributed by atoms with Crippen molar-refractivity contribution in [2.24, 2.45) is 22.2 Å². The van der Waals surface area contributed by atoms with Crippen LogP contribution in [0.2, 0.25) is 0 Å². The van der Waals surface area contributed by atoms with Gasteiger partial charge < -0.3 is 122 Å². The van der Waals surface area contributed by atoms with Gasteiger partial charge in [-0.15, -0.1) is 0 Å². The van der Waals surface area contributed by atoms with E-state index >= 15 is 0 Å². The molecule has 10 N–H and O–H groups in total. The van der Waals surface area contributed by atoms with Gasteiger partial charge in [-0.2, -0.15) is 13.5 Å². The molecule has 9 atom stereocenters. The number of anilines is 3. The summed E-state index contributed by atoms with van der Waals surface area (Å²) >= 11 is 1.38. The Morgan fingerprint density at radius 3 is 1.80 bits per heavy atom. The fraction of sp³-hybridized carbons (Fsp3) is 0.610. The monoisotopic (exact) mass is 2080 g/mol. The van der Waals surface area contributed by atoms with Gasteiger partial charge in [0.15, 0.2) is 16.9 Å². The normalized spacial score (nSPS) is 21.5. The number of carboxylic acid groups (broad SMARTS) is 2. The highest BCUT2D eigenvalue weighted by Gasteiger charge is 2.66. The van der Waals surface area contributed by atoms with Crippen molar-refractivity contribution >= 4 is 108 Å². The number of para-hydroxylation sites is 1. The Morgan fingerprint density at radius 1 is 0.623 bits per heavy atom. The van der Waals surface area contributed by atoms with Gasteiger partial charge in [0.2, 0.25) is 23.6 Å². The van der Waals surface area contributed by atoms with Crippen molar-refractivity contribution in [2.45, 2.75) is 174 Å². The predicted molar refractivity (Wildman–Crippen MR) is 528 cm³/mol. The van der Waals surface area contributed by atoms with Crippen LogP contribution in [0.15, 0.2) is 91.1 Å².